The number of fused-ring (bicyclic) bond motifs is 1. The van der Waals surface area contributed by atoms with Crippen molar-refractivity contribution in [2.24, 2.45) is 0 Å². The Morgan fingerprint density at radius 1 is 0.964 bits per heavy atom. The van der Waals surface area contributed by atoms with Crippen molar-refractivity contribution in [3.05, 3.63) is 72.7 Å². The van der Waals surface area contributed by atoms with Crippen molar-refractivity contribution < 1.29 is 15.0 Å². The zero-order valence-corrected chi connectivity index (χ0v) is 14.9. The number of hydrogen-bond acceptors (Lipinski definition) is 5. The SMILES string of the molecule is O=C(NCCO)c1ccc(-c2cn3c(-c4ccc(O)cc4)cnc3cn2)cc1. The van der Waals surface area contributed by atoms with Crippen molar-refractivity contribution in [1.29, 1.82) is 0 Å². The van der Waals surface area contributed by atoms with Crippen molar-refractivity contribution >= 4 is 11.6 Å². The molecule has 2 heterocycles. The van der Waals surface area contributed by atoms with Crippen molar-refractivity contribution in [2.75, 3.05) is 13.2 Å². The first-order chi connectivity index (χ1) is 13.7. The van der Waals surface area contributed by atoms with E-state index < -0.39 is 0 Å². The van der Waals surface area contributed by atoms with Crippen LogP contribution in [0.3, 0.4) is 0 Å². The third kappa shape index (κ3) is 3.43. The van der Waals surface area contributed by atoms with Crippen LogP contribution in [0.1, 0.15) is 10.4 Å². The van der Waals surface area contributed by atoms with E-state index >= 15 is 0 Å². The first-order valence-electron chi connectivity index (χ1n) is 8.78. The van der Waals surface area contributed by atoms with Gasteiger partial charge in [0.25, 0.3) is 5.91 Å². The summed E-state index contributed by atoms with van der Waals surface area (Å²) in [6.07, 6.45) is 5.36. The summed E-state index contributed by atoms with van der Waals surface area (Å²) in [6.45, 7) is 0.126. The van der Waals surface area contributed by atoms with Gasteiger partial charge in [-0.3, -0.25) is 14.2 Å². The molecule has 0 atom stereocenters. The van der Waals surface area contributed by atoms with E-state index in [1.807, 2.05) is 34.9 Å². The van der Waals surface area contributed by atoms with E-state index in [1.54, 1.807) is 36.7 Å². The van der Waals surface area contributed by atoms with Crippen LogP contribution in [0, 0.1) is 0 Å². The molecule has 4 aromatic rings. The quantitative estimate of drug-likeness (QED) is 0.498. The van der Waals surface area contributed by atoms with Gasteiger partial charge in [0.05, 0.1) is 30.4 Å². The molecular formula is C21H18N4O3. The molecule has 3 N–H and O–H groups in total. The Kier molecular flexibility index (Phi) is 4.74. The standard InChI is InChI=1S/C21H18N4O3/c26-10-9-22-21(28)16-3-1-14(2-4-16)18-13-25-19(11-24-20(25)12-23-18)15-5-7-17(27)8-6-15/h1-8,11-13,26-27H,9-10H2,(H,22,28). The zero-order valence-electron chi connectivity index (χ0n) is 14.9. The second-order valence-corrected chi connectivity index (χ2v) is 6.25. The number of aromatic nitrogens is 3. The topological polar surface area (TPSA) is 99.8 Å². The fourth-order valence-electron chi connectivity index (χ4n) is 2.95. The molecular weight excluding hydrogens is 356 g/mol. The van der Waals surface area contributed by atoms with Crippen molar-refractivity contribution in [3.63, 3.8) is 0 Å². The number of nitrogens with one attached hydrogen (secondary N) is 1. The van der Waals surface area contributed by atoms with E-state index in [9.17, 15) is 9.90 Å². The van der Waals surface area contributed by atoms with E-state index in [4.69, 9.17) is 5.11 Å². The molecule has 0 spiro atoms. The van der Waals surface area contributed by atoms with Crippen LogP contribution in [0.4, 0.5) is 0 Å². The van der Waals surface area contributed by atoms with Crippen LogP contribution in [0.15, 0.2) is 67.1 Å². The maximum Gasteiger partial charge on any atom is 0.251 e. The monoisotopic (exact) mass is 374 g/mol. The fraction of sp³-hybridized carbons (Fsp3) is 0.0952. The van der Waals surface area contributed by atoms with Crippen LogP contribution < -0.4 is 5.32 Å². The number of carbonyl (C=O) groups is 1. The lowest BCUT2D eigenvalue weighted by atomic mass is 10.1. The van der Waals surface area contributed by atoms with Gasteiger partial charge in [0.2, 0.25) is 0 Å². The van der Waals surface area contributed by atoms with Crippen molar-refractivity contribution in [2.45, 2.75) is 0 Å². The number of benzene rings is 2. The van der Waals surface area contributed by atoms with Crippen LogP contribution in [-0.2, 0) is 0 Å². The maximum absolute atomic E-state index is 11.9. The third-order valence-corrected chi connectivity index (χ3v) is 4.40. The molecule has 0 radical (unpaired) electrons. The summed E-state index contributed by atoms with van der Waals surface area (Å²) in [7, 11) is 0. The van der Waals surface area contributed by atoms with Gasteiger partial charge < -0.3 is 15.5 Å². The normalized spacial score (nSPS) is 10.9. The number of carbonyl (C=O) groups excluding carboxylic acids is 1. The molecule has 0 fully saturated rings. The highest BCUT2D eigenvalue weighted by Gasteiger charge is 2.10. The second-order valence-electron chi connectivity index (χ2n) is 6.25. The summed E-state index contributed by atoms with van der Waals surface area (Å²) in [6, 6.07) is 14.1. The minimum absolute atomic E-state index is 0.0952. The molecule has 0 aliphatic rings. The van der Waals surface area contributed by atoms with Gasteiger partial charge in [-0.25, -0.2) is 4.98 Å². The van der Waals surface area contributed by atoms with Crippen LogP contribution in [0.5, 0.6) is 5.75 Å². The summed E-state index contributed by atoms with van der Waals surface area (Å²) in [4.78, 5) is 20.8. The Bertz CT molecular complexity index is 1120. The average molecular weight is 374 g/mol. The molecule has 1 amide bonds. The number of aliphatic hydroxyl groups excluding tert-OH is 1. The van der Waals surface area contributed by atoms with Crippen molar-refractivity contribution in [1.82, 2.24) is 19.7 Å². The first-order valence-corrected chi connectivity index (χ1v) is 8.78. The summed E-state index contributed by atoms with van der Waals surface area (Å²) in [5.41, 5.74) is 4.66. The van der Waals surface area contributed by atoms with Crippen molar-refractivity contribution in [3.8, 4) is 28.3 Å². The smallest absolute Gasteiger partial charge is 0.251 e. The molecule has 2 aromatic heterocycles. The molecule has 0 unspecified atom stereocenters. The number of nitrogens with zero attached hydrogens (tertiary/aromatic N) is 3. The van der Waals surface area contributed by atoms with Gasteiger partial charge in [-0.2, -0.15) is 0 Å². The Balaban J connectivity index is 1.67. The Morgan fingerprint density at radius 3 is 2.39 bits per heavy atom. The van der Waals surface area contributed by atoms with Gasteiger partial charge in [0.1, 0.15) is 5.75 Å². The molecule has 7 nitrogen and oxygen atoms in total. The number of phenols is 1. The number of aromatic hydroxyl groups is 1. The lowest BCUT2D eigenvalue weighted by Crippen LogP contribution is -2.26. The summed E-state index contributed by atoms with van der Waals surface area (Å²) in [5, 5.41) is 20.9. The molecule has 0 saturated carbocycles. The van der Waals surface area contributed by atoms with Gasteiger partial charge >= 0.3 is 0 Å². The summed E-state index contributed by atoms with van der Waals surface area (Å²) < 4.78 is 1.94. The molecule has 0 saturated heterocycles. The minimum Gasteiger partial charge on any atom is -0.508 e. The first kappa shape index (κ1) is 17.7. The highest BCUT2D eigenvalue weighted by atomic mass is 16.3. The molecule has 0 aliphatic heterocycles. The van der Waals surface area contributed by atoms with E-state index in [0.29, 0.717) is 11.2 Å². The minimum atomic E-state index is -0.228. The fourth-order valence-corrected chi connectivity index (χ4v) is 2.95. The van der Waals surface area contributed by atoms with Gasteiger partial charge in [0.15, 0.2) is 5.65 Å². The highest BCUT2D eigenvalue weighted by molar-refractivity contribution is 5.94. The molecule has 2 aromatic carbocycles. The van der Waals surface area contributed by atoms with Crippen LogP contribution in [0.2, 0.25) is 0 Å². The van der Waals surface area contributed by atoms with E-state index in [-0.39, 0.29) is 24.8 Å². The predicted octanol–water partition coefficient (Wildman–Crippen LogP) is 2.49. The average Bonchev–Trinajstić information content (AvgIpc) is 3.16. The lowest BCUT2D eigenvalue weighted by Gasteiger charge is -2.07. The largest absolute Gasteiger partial charge is 0.508 e. The summed E-state index contributed by atoms with van der Waals surface area (Å²) in [5.74, 6) is -0.0173. The molecule has 140 valence electrons. The van der Waals surface area contributed by atoms with Crippen LogP contribution >= 0.6 is 0 Å². The van der Waals surface area contributed by atoms with Gasteiger partial charge in [-0.1, -0.05) is 12.1 Å². The Morgan fingerprint density at radius 2 is 1.68 bits per heavy atom. The number of imidazole rings is 1. The predicted molar refractivity (Wildman–Crippen MR) is 105 cm³/mol. The molecule has 0 aliphatic carbocycles. The summed E-state index contributed by atoms with van der Waals surface area (Å²) >= 11 is 0. The van der Waals surface area contributed by atoms with Gasteiger partial charge in [0, 0.05) is 29.4 Å². The zero-order chi connectivity index (χ0) is 19.5. The number of rotatable bonds is 5. The second kappa shape index (κ2) is 7.50. The third-order valence-electron chi connectivity index (χ3n) is 4.40. The Labute approximate surface area is 160 Å². The number of phenolic OH excluding ortho intramolecular Hbond substituents is 1. The van der Waals surface area contributed by atoms with E-state index in [0.717, 1.165) is 22.5 Å². The van der Waals surface area contributed by atoms with Gasteiger partial charge in [-0.15, -0.1) is 0 Å². The Hall–Kier alpha value is -3.71. The van der Waals surface area contributed by atoms with E-state index in [2.05, 4.69) is 15.3 Å². The number of amides is 1. The van der Waals surface area contributed by atoms with Crippen LogP contribution in [-0.4, -0.2) is 43.6 Å². The molecule has 7 heteroatoms. The number of aliphatic hydroxyl groups is 1. The lowest BCUT2D eigenvalue weighted by molar-refractivity contribution is 0.0945. The van der Waals surface area contributed by atoms with Crippen LogP contribution in [0.25, 0.3) is 28.2 Å². The molecule has 28 heavy (non-hydrogen) atoms. The maximum atomic E-state index is 11.9. The number of hydrogen-bond donors (Lipinski definition) is 3. The highest BCUT2D eigenvalue weighted by Crippen LogP contribution is 2.25. The van der Waals surface area contributed by atoms with E-state index in [1.165, 1.54) is 0 Å². The molecule has 0 bridgehead atoms. The molecule has 4 rings (SSSR count). The van der Waals surface area contributed by atoms with Gasteiger partial charge in [-0.05, 0) is 36.4 Å².